The highest BCUT2D eigenvalue weighted by Crippen LogP contribution is 2.31. The first-order valence-electron chi connectivity index (χ1n) is 10.7. The number of hydrogen-bond donors (Lipinski definition) is 7. The highest BCUT2D eigenvalue weighted by atomic mass is 16.7. The Morgan fingerprint density at radius 2 is 1.44 bits per heavy atom. The summed E-state index contributed by atoms with van der Waals surface area (Å²) in [4.78, 5) is 11.9. The number of rotatable bonds is 8. The molecule has 0 aliphatic carbocycles. The van der Waals surface area contributed by atoms with Gasteiger partial charge in [0.15, 0.2) is 6.29 Å². The zero-order chi connectivity index (χ0) is 25.0. The Morgan fingerprint density at radius 3 is 2.00 bits per heavy atom. The largest absolute Gasteiger partial charge is 0.497 e. The second-order valence-electron chi connectivity index (χ2n) is 8.03. The second kappa shape index (κ2) is 11.6. The molecule has 13 nitrogen and oxygen atoms in total. The number of aliphatic hydroxyl groups is 6. The summed E-state index contributed by atoms with van der Waals surface area (Å²) >= 11 is 0. The second-order valence-corrected chi connectivity index (χ2v) is 8.03. The van der Waals surface area contributed by atoms with Crippen molar-refractivity contribution in [1.82, 2.24) is 5.32 Å². The molecule has 1 aromatic carbocycles. The molecule has 2 aliphatic heterocycles. The molecule has 13 heteroatoms. The van der Waals surface area contributed by atoms with Crippen LogP contribution in [0, 0.1) is 0 Å². The molecule has 0 radical (unpaired) electrons. The fourth-order valence-corrected chi connectivity index (χ4v) is 3.84. The summed E-state index contributed by atoms with van der Waals surface area (Å²) in [5, 5.41) is 62.9. The van der Waals surface area contributed by atoms with Crippen LogP contribution >= 0.6 is 0 Å². The van der Waals surface area contributed by atoms with E-state index in [1.807, 2.05) is 0 Å². The van der Waals surface area contributed by atoms with Crippen molar-refractivity contribution in [2.24, 2.45) is 0 Å². The number of methoxy groups -OCH3 is 1. The third kappa shape index (κ3) is 5.76. The van der Waals surface area contributed by atoms with Gasteiger partial charge in [-0.1, -0.05) is 0 Å². The van der Waals surface area contributed by atoms with Gasteiger partial charge in [0.25, 0.3) is 0 Å². The van der Waals surface area contributed by atoms with Crippen LogP contribution < -0.4 is 14.8 Å². The molecule has 1 aromatic rings. The molecule has 1 amide bonds. The minimum atomic E-state index is -1.75. The molecular weight excluding hydrogens is 458 g/mol. The zero-order valence-corrected chi connectivity index (χ0v) is 18.6. The van der Waals surface area contributed by atoms with Crippen LogP contribution in [0.25, 0.3) is 0 Å². The van der Waals surface area contributed by atoms with Crippen molar-refractivity contribution in [3.63, 3.8) is 0 Å². The van der Waals surface area contributed by atoms with Crippen molar-refractivity contribution in [2.75, 3.05) is 20.3 Å². The molecule has 0 spiro atoms. The van der Waals surface area contributed by atoms with Gasteiger partial charge in [-0.2, -0.15) is 0 Å². The van der Waals surface area contributed by atoms with E-state index in [9.17, 15) is 35.4 Å². The van der Waals surface area contributed by atoms with Gasteiger partial charge >= 0.3 is 0 Å². The summed E-state index contributed by atoms with van der Waals surface area (Å²) in [6, 6.07) is 5.27. The summed E-state index contributed by atoms with van der Waals surface area (Å²) < 4.78 is 27.7. The van der Waals surface area contributed by atoms with Crippen LogP contribution in [-0.2, 0) is 19.0 Å². The van der Waals surface area contributed by atoms with Crippen LogP contribution in [0.15, 0.2) is 24.3 Å². The first-order valence-corrected chi connectivity index (χ1v) is 10.7. The number of nitrogens with one attached hydrogen (secondary N) is 1. The molecule has 2 fully saturated rings. The van der Waals surface area contributed by atoms with Crippen LogP contribution in [0.3, 0.4) is 0 Å². The van der Waals surface area contributed by atoms with Gasteiger partial charge < -0.3 is 59.6 Å². The smallest absolute Gasteiger partial charge is 0.223 e. The van der Waals surface area contributed by atoms with Gasteiger partial charge in [0.05, 0.1) is 20.3 Å². The van der Waals surface area contributed by atoms with Crippen molar-refractivity contribution >= 4 is 5.91 Å². The lowest BCUT2D eigenvalue weighted by atomic mass is 9.95. The molecular formula is C21H31NO12. The number of amides is 1. The number of hydrogen-bond acceptors (Lipinski definition) is 12. The van der Waals surface area contributed by atoms with E-state index in [1.165, 1.54) is 14.0 Å². The van der Waals surface area contributed by atoms with Gasteiger partial charge in [0.1, 0.15) is 60.3 Å². The molecule has 2 aliphatic rings. The highest BCUT2D eigenvalue weighted by Gasteiger charge is 2.52. The quantitative estimate of drug-likeness (QED) is 0.194. The minimum absolute atomic E-state index is 0.320. The summed E-state index contributed by atoms with van der Waals surface area (Å²) in [6.07, 6.45) is -13.3. The van der Waals surface area contributed by atoms with Gasteiger partial charge in [-0.05, 0) is 24.3 Å². The van der Waals surface area contributed by atoms with Crippen LogP contribution in [0.2, 0.25) is 0 Å². The Kier molecular flexibility index (Phi) is 9.03. The number of carbonyl (C=O) groups is 1. The topological polar surface area (TPSA) is 197 Å². The van der Waals surface area contributed by atoms with Crippen molar-refractivity contribution in [3.8, 4) is 11.5 Å². The van der Waals surface area contributed by atoms with E-state index < -0.39 is 80.5 Å². The molecule has 7 N–H and O–H groups in total. The van der Waals surface area contributed by atoms with Gasteiger partial charge in [0, 0.05) is 6.92 Å². The summed E-state index contributed by atoms with van der Waals surface area (Å²) in [5.74, 6) is 0.373. The monoisotopic (exact) mass is 489 g/mol. The predicted molar refractivity (Wildman–Crippen MR) is 112 cm³/mol. The molecule has 34 heavy (non-hydrogen) atoms. The Balaban J connectivity index is 1.87. The molecule has 2 saturated heterocycles. The number of benzene rings is 1. The normalized spacial score (nSPS) is 38.2. The third-order valence-electron chi connectivity index (χ3n) is 5.67. The molecule has 3 rings (SSSR count). The summed E-state index contributed by atoms with van der Waals surface area (Å²) in [5.41, 5.74) is 0. The Morgan fingerprint density at radius 1 is 0.882 bits per heavy atom. The minimum Gasteiger partial charge on any atom is -0.497 e. The van der Waals surface area contributed by atoms with E-state index in [4.69, 9.17) is 23.7 Å². The first kappa shape index (κ1) is 26.5. The van der Waals surface area contributed by atoms with Crippen LogP contribution in [0.1, 0.15) is 6.92 Å². The fraction of sp³-hybridized carbons (Fsp3) is 0.667. The van der Waals surface area contributed by atoms with E-state index in [1.54, 1.807) is 24.3 Å². The predicted octanol–water partition coefficient (Wildman–Crippen LogP) is -3.16. The van der Waals surface area contributed by atoms with E-state index in [-0.39, 0.29) is 0 Å². The molecule has 0 aromatic heterocycles. The van der Waals surface area contributed by atoms with Crippen LogP contribution in [-0.4, -0.2) is 118 Å². The lowest BCUT2D eigenvalue weighted by Gasteiger charge is -2.47. The number of ether oxygens (including phenoxy) is 5. The lowest BCUT2D eigenvalue weighted by Crippen LogP contribution is -2.68. The van der Waals surface area contributed by atoms with Crippen LogP contribution in [0.5, 0.6) is 11.5 Å². The van der Waals surface area contributed by atoms with Crippen LogP contribution in [0.4, 0.5) is 0 Å². The Bertz CT molecular complexity index is 792. The standard InChI is InChI=1S/C21H31NO12/c1-9(25)22-14-19(34-21-18(29)17(28)15(26)12(7-23)33-21)16(27)13(8-24)32-20(14)31-11-5-3-10(30-2)4-6-11/h3-6,12-21,23-24,26-29H,7-8H2,1-2H3,(H,22,25)/t12-,13-,14-,15-,16-,17+,18+,19-,20-,21-/m1/s1. The Hall–Kier alpha value is -2.07. The van der Waals surface area contributed by atoms with Crippen molar-refractivity contribution in [2.45, 2.75) is 68.3 Å². The van der Waals surface area contributed by atoms with Crippen molar-refractivity contribution < 1.29 is 59.1 Å². The van der Waals surface area contributed by atoms with Gasteiger partial charge in [-0.15, -0.1) is 0 Å². The van der Waals surface area contributed by atoms with Crippen molar-refractivity contribution in [3.05, 3.63) is 24.3 Å². The van der Waals surface area contributed by atoms with E-state index in [0.29, 0.717) is 11.5 Å². The van der Waals surface area contributed by atoms with E-state index in [0.717, 1.165) is 0 Å². The molecule has 10 atom stereocenters. The SMILES string of the molecule is COc1ccc(O[C@@H]2O[C@H](CO)[C@@H](O)[C@H](O[C@H]3O[C@H](CO)[C@@H](O)[C@H](O)[C@@H]3O)[C@H]2NC(C)=O)cc1. The Labute approximate surface area is 195 Å². The maximum atomic E-state index is 11.9. The average Bonchev–Trinajstić information content (AvgIpc) is 2.83. The number of aliphatic hydroxyl groups excluding tert-OH is 6. The maximum absolute atomic E-state index is 11.9. The molecule has 0 bridgehead atoms. The van der Waals surface area contributed by atoms with Gasteiger partial charge in [-0.25, -0.2) is 0 Å². The maximum Gasteiger partial charge on any atom is 0.223 e. The highest BCUT2D eigenvalue weighted by molar-refractivity contribution is 5.73. The molecule has 0 unspecified atom stereocenters. The fourth-order valence-electron chi connectivity index (χ4n) is 3.84. The van der Waals surface area contributed by atoms with E-state index in [2.05, 4.69) is 5.32 Å². The molecule has 2 heterocycles. The first-order chi connectivity index (χ1) is 16.2. The zero-order valence-electron chi connectivity index (χ0n) is 18.6. The molecule has 192 valence electrons. The van der Waals surface area contributed by atoms with Crippen molar-refractivity contribution in [1.29, 1.82) is 0 Å². The third-order valence-corrected chi connectivity index (χ3v) is 5.67. The van der Waals surface area contributed by atoms with Gasteiger partial charge in [0.2, 0.25) is 12.2 Å². The average molecular weight is 489 g/mol. The summed E-state index contributed by atoms with van der Waals surface area (Å²) in [6.45, 7) is -0.0937. The summed E-state index contributed by atoms with van der Waals surface area (Å²) in [7, 11) is 1.50. The van der Waals surface area contributed by atoms with E-state index >= 15 is 0 Å². The van der Waals surface area contributed by atoms with Gasteiger partial charge in [-0.3, -0.25) is 4.79 Å². The molecule has 0 saturated carbocycles. The lowest BCUT2D eigenvalue weighted by molar-refractivity contribution is -0.339. The number of carbonyl (C=O) groups excluding carboxylic acids is 1.